The van der Waals surface area contributed by atoms with Crippen LogP contribution in [-0.2, 0) is 6.54 Å². The van der Waals surface area contributed by atoms with Gasteiger partial charge in [0.25, 0.3) is 0 Å². The van der Waals surface area contributed by atoms with Crippen molar-refractivity contribution in [2.75, 3.05) is 16.9 Å². The van der Waals surface area contributed by atoms with Crippen molar-refractivity contribution in [2.45, 2.75) is 37.9 Å². The molecule has 0 spiro atoms. The van der Waals surface area contributed by atoms with Crippen LogP contribution in [0.15, 0.2) is 102 Å². The lowest BCUT2D eigenvalue weighted by Gasteiger charge is -2.23. The molecule has 3 aromatic carbocycles. The zero-order valence-electron chi connectivity index (χ0n) is 21.7. The average Bonchev–Trinajstić information content (AvgIpc) is 2.91. The van der Waals surface area contributed by atoms with Crippen LogP contribution in [-0.4, -0.2) is 21.8 Å². The van der Waals surface area contributed by atoms with Gasteiger partial charge in [0.15, 0.2) is 0 Å². The Bertz CT molecular complexity index is 1510. The van der Waals surface area contributed by atoms with Crippen LogP contribution in [0.25, 0.3) is 33.0 Å². The van der Waals surface area contributed by atoms with Crippen molar-refractivity contribution in [1.29, 1.82) is 0 Å². The molecule has 0 aliphatic rings. The highest BCUT2D eigenvalue weighted by atomic mass is 32.2. The van der Waals surface area contributed by atoms with Crippen molar-refractivity contribution in [3.05, 3.63) is 103 Å². The largest absolute Gasteiger partial charge is 0.379 e. The molecule has 2 heterocycles. The van der Waals surface area contributed by atoms with Gasteiger partial charge in [0.2, 0.25) is 0 Å². The normalized spacial score (nSPS) is 11.5. The Kier molecular flexibility index (Phi) is 7.15. The van der Waals surface area contributed by atoms with Gasteiger partial charge in [-0.15, -0.1) is 11.8 Å². The lowest BCUT2D eigenvalue weighted by atomic mass is 9.94. The van der Waals surface area contributed by atoms with Gasteiger partial charge >= 0.3 is 0 Å². The average molecular weight is 505 g/mol. The first-order valence-electron chi connectivity index (χ1n) is 12.5. The van der Waals surface area contributed by atoms with Gasteiger partial charge in [-0.2, -0.15) is 0 Å². The predicted molar refractivity (Wildman–Crippen MR) is 159 cm³/mol. The SMILES string of the molecule is CSc1nc(NCc2ccccc2)c2c(-c3ccccc3)cccc2c1-c1cncc(NC(C)(C)C)c1. The maximum atomic E-state index is 5.20. The first-order chi connectivity index (χ1) is 17.9. The first kappa shape index (κ1) is 24.8. The molecule has 5 heteroatoms. The molecular formula is C32H32N4S. The molecule has 0 fully saturated rings. The van der Waals surface area contributed by atoms with E-state index < -0.39 is 0 Å². The summed E-state index contributed by atoms with van der Waals surface area (Å²) in [6, 6.07) is 29.7. The van der Waals surface area contributed by atoms with Crippen molar-refractivity contribution in [3.63, 3.8) is 0 Å². The molecule has 0 aliphatic heterocycles. The second-order valence-corrected chi connectivity index (χ2v) is 10.9. The smallest absolute Gasteiger partial charge is 0.136 e. The van der Waals surface area contributed by atoms with Crippen LogP contribution >= 0.6 is 11.8 Å². The van der Waals surface area contributed by atoms with Gasteiger partial charge in [0, 0.05) is 41.0 Å². The van der Waals surface area contributed by atoms with Gasteiger partial charge in [0.05, 0.1) is 5.69 Å². The van der Waals surface area contributed by atoms with E-state index in [2.05, 4.69) is 122 Å². The summed E-state index contributed by atoms with van der Waals surface area (Å²) in [6.07, 6.45) is 5.91. The lowest BCUT2D eigenvalue weighted by Crippen LogP contribution is -2.26. The summed E-state index contributed by atoms with van der Waals surface area (Å²) in [5.41, 5.74) is 6.64. The number of nitrogens with zero attached hydrogens (tertiary/aromatic N) is 2. The van der Waals surface area contributed by atoms with E-state index in [1.165, 1.54) is 11.1 Å². The summed E-state index contributed by atoms with van der Waals surface area (Å²) in [5, 5.41) is 10.5. The first-order valence-corrected chi connectivity index (χ1v) is 13.7. The molecule has 5 aromatic rings. The molecular weight excluding hydrogens is 472 g/mol. The third-order valence-electron chi connectivity index (χ3n) is 6.12. The zero-order chi connectivity index (χ0) is 25.8. The summed E-state index contributed by atoms with van der Waals surface area (Å²) >= 11 is 1.66. The molecule has 0 bridgehead atoms. The number of fused-ring (bicyclic) bond motifs is 1. The maximum absolute atomic E-state index is 5.20. The number of anilines is 2. The molecule has 0 saturated carbocycles. The Morgan fingerprint density at radius 2 is 1.54 bits per heavy atom. The van der Waals surface area contributed by atoms with E-state index in [9.17, 15) is 0 Å². The Morgan fingerprint density at radius 1 is 0.811 bits per heavy atom. The Morgan fingerprint density at radius 3 is 2.24 bits per heavy atom. The molecule has 37 heavy (non-hydrogen) atoms. The van der Waals surface area contributed by atoms with Crippen molar-refractivity contribution < 1.29 is 0 Å². The van der Waals surface area contributed by atoms with Crippen molar-refractivity contribution >= 4 is 34.0 Å². The van der Waals surface area contributed by atoms with Crippen LogP contribution in [0.4, 0.5) is 11.5 Å². The number of benzene rings is 3. The van der Waals surface area contributed by atoms with Gasteiger partial charge in [-0.05, 0) is 55.2 Å². The number of nitrogens with one attached hydrogen (secondary N) is 2. The number of thioether (sulfide) groups is 1. The van der Waals surface area contributed by atoms with Crippen LogP contribution in [0.3, 0.4) is 0 Å². The van der Waals surface area contributed by atoms with E-state index in [0.717, 1.165) is 44.0 Å². The number of hydrogen-bond acceptors (Lipinski definition) is 5. The summed E-state index contributed by atoms with van der Waals surface area (Å²) in [7, 11) is 0. The van der Waals surface area contributed by atoms with Crippen LogP contribution in [0.5, 0.6) is 0 Å². The van der Waals surface area contributed by atoms with Crippen LogP contribution in [0.2, 0.25) is 0 Å². The lowest BCUT2D eigenvalue weighted by molar-refractivity contribution is 0.633. The summed E-state index contributed by atoms with van der Waals surface area (Å²) in [6.45, 7) is 7.17. The molecule has 0 unspecified atom stereocenters. The fourth-order valence-electron chi connectivity index (χ4n) is 4.62. The van der Waals surface area contributed by atoms with Gasteiger partial charge in [-0.3, -0.25) is 4.98 Å². The molecule has 0 saturated heterocycles. The van der Waals surface area contributed by atoms with Crippen LogP contribution < -0.4 is 10.6 Å². The van der Waals surface area contributed by atoms with E-state index in [4.69, 9.17) is 4.98 Å². The van der Waals surface area contributed by atoms with E-state index in [0.29, 0.717) is 6.54 Å². The molecule has 4 nitrogen and oxygen atoms in total. The van der Waals surface area contributed by atoms with Crippen molar-refractivity contribution in [3.8, 4) is 22.3 Å². The minimum absolute atomic E-state index is 0.0609. The van der Waals surface area contributed by atoms with E-state index >= 15 is 0 Å². The van der Waals surface area contributed by atoms with E-state index in [1.54, 1.807) is 11.8 Å². The predicted octanol–water partition coefficient (Wildman–Crippen LogP) is 8.51. The van der Waals surface area contributed by atoms with Crippen LogP contribution in [0.1, 0.15) is 26.3 Å². The number of hydrogen-bond donors (Lipinski definition) is 2. The molecule has 186 valence electrons. The molecule has 0 aliphatic carbocycles. The summed E-state index contributed by atoms with van der Waals surface area (Å²) < 4.78 is 0. The number of aromatic nitrogens is 2. The van der Waals surface area contributed by atoms with Gasteiger partial charge in [0.1, 0.15) is 10.8 Å². The van der Waals surface area contributed by atoms with Crippen LogP contribution in [0, 0.1) is 0 Å². The standard InChI is InChI=1S/C32H32N4S/c1-32(2,3)36-25-18-24(20-33-21-25)28-27-17-11-16-26(23-14-9-6-10-15-23)29(27)30(35-31(28)37-4)34-19-22-12-7-5-8-13-22/h5-18,20-21,36H,19H2,1-4H3,(H,34,35). The molecule has 2 N–H and O–H groups in total. The quantitative estimate of drug-likeness (QED) is 0.218. The fourth-order valence-corrected chi connectivity index (χ4v) is 5.23. The topological polar surface area (TPSA) is 49.8 Å². The Labute approximate surface area is 223 Å². The zero-order valence-corrected chi connectivity index (χ0v) is 22.6. The van der Waals surface area contributed by atoms with E-state index in [-0.39, 0.29) is 5.54 Å². The molecule has 0 atom stereocenters. The fraction of sp³-hybridized carbons (Fsp3) is 0.188. The molecule has 0 radical (unpaired) electrons. The summed E-state index contributed by atoms with van der Waals surface area (Å²) in [4.78, 5) is 9.80. The van der Waals surface area contributed by atoms with Gasteiger partial charge in [-0.1, -0.05) is 78.9 Å². The van der Waals surface area contributed by atoms with Gasteiger partial charge < -0.3 is 10.6 Å². The third kappa shape index (κ3) is 5.62. The molecule has 2 aromatic heterocycles. The van der Waals surface area contributed by atoms with Crippen molar-refractivity contribution in [1.82, 2.24) is 9.97 Å². The van der Waals surface area contributed by atoms with E-state index in [1.807, 2.05) is 18.5 Å². The summed E-state index contributed by atoms with van der Waals surface area (Å²) in [5.74, 6) is 0.892. The second-order valence-electron chi connectivity index (χ2n) is 10.1. The Hall–Kier alpha value is -3.83. The third-order valence-corrected chi connectivity index (χ3v) is 6.81. The maximum Gasteiger partial charge on any atom is 0.136 e. The minimum atomic E-state index is -0.0609. The monoisotopic (exact) mass is 504 g/mol. The Balaban J connectivity index is 1.73. The highest BCUT2D eigenvalue weighted by Gasteiger charge is 2.19. The number of pyridine rings is 2. The molecule has 5 rings (SSSR count). The van der Waals surface area contributed by atoms with Crippen molar-refractivity contribution in [2.24, 2.45) is 0 Å². The molecule has 0 amide bonds. The minimum Gasteiger partial charge on any atom is -0.379 e. The number of rotatable bonds is 7. The highest BCUT2D eigenvalue weighted by Crippen LogP contribution is 2.43. The van der Waals surface area contributed by atoms with Gasteiger partial charge in [-0.25, -0.2) is 4.98 Å². The second kappa shape index (κ2) is 10.7. The highest BCUT2D eigenvalue weighted by molar-refractivity contribution is 7.98.